The first-order valence-electron chi connectivity index (χ1n) is 5.70. The molecule has 18 heavy (non-hydrogen) atoms. The van der Waals surface area contributed by atoms with Crippen LogP contribution in [-0.4, -0.2) is 21.0 Å². The molecule has 2 aromatic rings. The maximum atomic E-state index is 11.0. The maximum Gasteiger partial charge on any atom is 0.337 e. The van der Waals surface area contributed by atoms with Gasteiger partial charge >= 0.3 is 5.97 Å². The Labute approximate surface area is 109 Å². The van der Waals surface area contributed by atoms with Gasteiger partial charge in [-0.3, -0.25) is 4.98 Å². The first-order valence-corrected chi connectivity index (χ1v) is 6.52. The molecular weight excluding hydrogens is 248 g/mol. The smallest absolute Gasteiger partial charge is 0.337 e. The Kier molecular flexibility index (Phi) is 3.43. The zero-order valence-corrected chi connectivity index (χ0v) is 11.3. The topological polar surface area (TPSA) is 63.1 Å². The summed E-state index contributed by atoms with van der Waals surface area (Å²) in [5, 5.41) is 10.1. The van der Waals surface area contributed by atoms with E-state index in [4.69, 9.17) is 5.11 Å². The molecule has 4 nitrogen and oxygen atoms in total. The lowest BCUT2D eigenvalue weighted by Crippen LogP contribution is -2.05. The van der Waals surface area contributed by atoms with Crippen LogP contribution in [-0.2, 0) is 6.42 Å². The lowest BCUT2D eigenvalue weighted by molar-refractivity contribution is 0.0695. The van der Waals surface area contributed by atoms with Gasteiger partial charge in [-0.15, -0.1) is 11.3 Å². The zero-order chi connectivity index (χ0) is 13.3. The summed E-state index contributed by atoms with van der Waals surface area (Å²) >= 11 is 1.62. The number of aromatic nitrogens is 2. The van der Waals surface area contributed by atoms with Crippen LogP contribution in [0.4, 0.5) is 0 Å². The Balaban J connectivity index is 2.54. The lowest BCUT2D eigenvalue weighted by atomic mass is 10.1. The van der Waals surface area contributed by atoms with Crippen molar-refractivity contribution >= 4 is 17.3 Å². The van der Waals surface area contributed by atoms with Crippen molar-refractivity contribution in [2.24, 2.45) is 0 Å². The fourth-order valence-electron chi connectivity index (χ4n) is 1.86. The Bertz CT molecular complexity index is 605. The van der Waals surface area contributed by atoms with Crippen LogP contribution in [0.15, 0.2) is 12.1 Å². The van der Waals surface area contributed by atoms with E-state index in [0.29, 0.717) is 12.1 Å². The fourth-order valence-corrected chi connectivity index (χ4v) is 2.69. The fraction of sp³-hybridized carbons (Fsp3) is 0.308. The third kappa shape index (κ3) is 2.26. The van der Waals surface area contributed by atoms with Crippen molar-refractivity contribution in [2.75, 3.05) is 0 Å². The highest BCUT2D eigenvalue weighted by Gasteiger charge is 2.14. The van der Waals surface area contributed by atoms with E-state index in [0.717, 1.165) is 21.3 Å². The van der Waals surface area contributed by atoms with Gasteiger partial charge in [0.2, 0.25) is 0 Å². The van der Waals surface area contributed by atoms with Crippen molar-refractivity contribution in [3.63, 3.8) is 0 Å². The van der Waals surface area contributed by atoms with Gasteiger partial charge in [-0.1, -0.05) is 6.92 Å². The van der Waals surface area contributed by atoms with Gasteiger partial charge < -0.3 is 5.11 Å². The Morgan fingerprint density at radius 3 is 2.56 bits per heavy atom. The van der Waals surface area contributed by atoms with Crippen molar-refractivity contribution in [1.82, 2.24) is 9.97 Å². The van der Waals surface area contributed by atoms with Crippen molar-refractivity contribution in [3.8, 4) is 11.4 Å². The molecule has 0 amide bonds. The third-order valence-electron chi connectivity index (χ3n) is 2.69. The first kappa shape index (κ1) is 12.7. The van der Waals surface area contributed by atoms with Crippen LogP contribution in [0.1, 0.15) is 32.9 Å². The molecule has 0 radical (unpaired) electrons. The second-order valence-corrected chi connectivity index (χ2v) is 5.39. The predicted molar refractivity (Wildman–Crippen MR) is 71.2 cm³/mol. The maximum absolute atomic E-state index is 11.0. The van der Waals surface area contributed by atoms with Crippen LogP contribution in [0.5, 0.6) is 0 Å². The SMILES string of the molecule is CCc1nc(-c2nc(C)sc2C)ccc1C(=O)O. The molecule has 0 saturated heterocycles. The monoisotopic (exact) mass is 262 g/mol. The normalized spacial score (nSPS) is 10.6. The number of pyridine rings is 1. The second-order valence-electron chi connectivity index (χ2n) is 3.99. The molecule has 0 fully saturated rings. The standard InChI is InChI=1S/C13H14N2O2S/c1-4-10-9(13(16)17)5-6-11(15-10)12-7(2)18-8(3)14-12/h5-6H,4H2,1-3H3,(H,16,17). The molecular formula is C13H14N2O2S. The average Bonchev–Trinajstić information content (AvgIpc) is 2.67. The van der Waals surface area contributed by atoms with Crippen molar-refractivity contribution in [3.05, 3.63) is 33.3 Å². The van der Waals surface area contributed by atoms with Gasteiger partial charge in [-0.05, 0) is 32.4 Å². The number of aryl methyl sites for hydroxylation is 3. The Hall–Kier alpha value is -1.75. The predicted octanol–water partition coefficient (Wildman–Crippen LogP) is 3.08. The van der Waals surface area contributed by atoms with Crippen LogP contribution in [0.25, 0.3) is 11.4 Å². The Morgan fingerprint density at radius 2 is 2.06 bits per heavy atom. The van der Waals surface area contributed by atoms with Crippen LogP contribution >= 0.6 is 11.3 Å². The van der Waals surface area contributed by atoms with Gasteiger partial charge in [0.25, 0.3) is 0 Å². The molecule has 0 aliphatic heterocycles. The molecule has 0 aliphatic carbocycles. The molecule has 0 unspecified atom stereocenters. The molecule has 0 atom stereocenters. The van der Waals surface area contributed by atoms with Gasteiger partial charge in [0.05, 0.1) is 22.0 Å². The summed E-state index contributed by atoms with van der Waals surface area (Å²) in [5.74, 6) is -0.933. The number of nitrogens with zero attached hydrogens (tertiary/aromatic N) is 2. The van der Waals surface area contributed by atoms with E-state index in [-0.39, 0.29) is 5.56 Å². The molecule has 0 bridgehead atoms. The minimum atomic E-state index is -0.933. The van der Waals surface area contributed by atoms with Gasteiger partial charge in [-0.2, -0.15) is 0 Å². The molecule has 0 aromatic carbocycles. The third-order valence-corrected chi connectivity index (χ3v) is 3.57. The minimum Gasteiger partial charge on any atom is -0.478 e. The second kappa shape index (κ2) is 4.86. The van der Waals surface area contributed by atoms with Gasteiger partial charge in [-0.25, -0.2) is 9.78 Å². The largest absolute Gasteiger partial charge is 0.478 e. The van der Waals surface area contributed by atoms with Crippen LogP contribution in [0, 0.1) is 13.8 Å². The van der Waals surface area contributed by atoms with E-state index < -0.39 is 5.97 Å². The number of aromatic carboxylic acids is 1. The average molecular weight is 262 g/mol. The molecule has 2 heterocycles. The summed E-state index contributed by atoms with van der Waals surface area (Å²) in [6.07, 6.45) is 0.595. The molecule has 5 heteroatoms. The lowest BCUT2D eigenvalue weighted by Gasteiger charge is -2.05. The number of carboxylic acid groups (broad SMARTS) is 1. The van der Waals surface area contributed by atoms with Crippen LogP contribution in [0.2, 0.25) is 0 Å². The summed E-state index contributed by atoms with van der Waals surface area (Å²) in [5.41, 5.74) is 2.47. The van der Waals surface area contributed by atoms with Crippen molar-refractivity contribution in [2.45, 2.75) is 27.2 Å². The summed E-state index contributed by atoms with van der Waals surface area (Å²) < 4.78 is 0. The molecule has 0 spiro atoms. The van der Waals surface area contributed by atoms with E-state index in [9.17, 15) is 4.79 Å². The molecule has 0 saturated carbocycles. The van der Waals surface area contributed by atoms with E-state index >= 15 is 0 Å². The molecule has 1 N–H and O–H groups in total. The van der Waals surface area contributed by atoms with E-state index in [2.05, 4.69) is 9.97 Å². The van der Waals surface area contributed by atoms with Gasteiger partial charge in [0, 0.05) is 4.88 Å². The summed E-state index contributed by atoms with van der Waals surface area (Å²) in [7, 11) is 0. The molecule has 0 aliphatic rings. The molecule has 2 aromatic heterocycles. The summed E-state index contributed by atoms with van der Waals surface area (Å²) in [4.78, 5) is 21.0. The highest BCUT2D eigenvalue weighted by Crippen LogP contribution is 2.26. The van der Waals surface area contributed by atoms with E-state index in [1.807, 2.05) is 20.8 Å². The van der Waals surface area contributed by atoms with E-state index in [1.165, 1.54) is 0 Å². The van der Waals surface area contributed by atoms with E-state index in [1.54, 1.807) is 23.5 Å². The Morgan fingerprint density at radius 1 is 1.33 bits per heavy atom. The van der Waals surface area contributed by atoms with Crippen LogP contribution < -0.4 is 0 Å². The number of thiazole rings is 1. The van der Waals surface area contributed by atoms with Gasteiger partial charge in [0.15, 0.2) is 0 Å². The molecule has 2 rings (SSSR count). The number of hydrogen-bond acceptors (Lipinski definition) is 4. The van der Waals surface area contributed by atoms with Crippen molar-refractivity contribution in [1.29, 1.82) is 0 Å². The number of rotatable bonds is 3. The summed E-state index contributed by atoms with van der Waals surface area (Å²) in [6.45, 7) is 5.85. The number of carboxylic acids is 1. The number of carbonyl (C=O) groups is 1. The quantitative estimate of drug-likeness (QED) is 0.923. The number of hydrogen-bond donors (Lipinski definition) is 1. The minimum absolute atomic E-state index is 0.269. The van der Waals surface area contributed by atoms with Crippen molar-refractivity contribution < 1.29 is 9.90 Å². The summed E-state index contributed by atoms with van der Waals surface area (Å²) in [6, 6.07) is 3.34. The van der Waals surface area contributed by atoms with Gasteiger partial charge in [0.1, 0.15) is 5.69 Å². The molecule has 94 valence electrons. The highest BCUT2D eigenvalue weighted by molar-refractivity contribution is 7.11. The van der Waals surface area contributed by atoms with Crippen LogP contribution in [0.3, 0.4) is 0 Å². The highest BCUT2D eigenvalue weighted by atomic mass is 32.1. The zero-order valence-electron chi connectivity index (χ0n) is 10.5. The first-order chi connectivity index (χ1) is 8.52.